The van der Waals surface area contributed by atoms with Crippen LogP contribution in [0, 0.1) is 11.8 Å². The van der Waals surface area contributed by atoms with Gasteiger partial charge in [0.15, 0.2) is 11.5 Å². The van der Waals surface area contributed by atoms with Crippen molar-refractivity contribution in [3.05, 3.63) is 28.8 Å². The van der Waals surface area contributed by atoms with Crippen LogP contribution in [0.4, 0.5) is 0 Å². The van der Waals surface area contributed by atoms with Gasteiger partial charge in [0, 0.05) is 19.2 Å². The molecule has 1 aromatic rings. The highest BCUT2D eigenvalue weighted by molar-refractivity contribution is 6.32. The highest BCUT2D eigenvalue weighted by Gasteiger charge is 2.24. The van der Waals surface area contributed by atoms with E-state index in [1.54, 1.807) is 18.2 Å². The summed E-state index contributed by atoms with van der Waals surface area (Å²) in [6.07, 6.45) is 4.59. The van der Waals surface area contributed by atoms with Crippen LogP contribution in [0.2, 0.25) is 5.02 Å². The summed E-state index contributed by atoms with van der Waals surface area (Å²) in [5.41, 5.74) is 0.839. The first-order valence-electron chi connectivity index (χ1n) is 8.09. The van der Waals surface area contributed by atoms with E-state index in [0.29, 0.717) is 41.6 Å². The van der Waals surface area contributed by atoms with Gasteiger partial charge in [0.2, 0.25) is 5.91 Å². The molecule has 0 saturated carbocycles. The average Bonchev–Trinajstić information content (AvgIpc) is 2.52. The summed E-state index contributed by atoms with van der Waals surface area (Å²) >= 11 is 6.22. The predicted octanol–water partition coefficient (Wildman–Crippen LogP) is 3.63. The van der Waals surface area contributed by atoms with Crippen LogP contribution in [0.5, 0.6) is 11.5 Å². The highest BCUT2D eigenvalue weighted by atomic mass is 35.5. The number of hydrogen-bond donors (Lipinski definition) is 0. The first kappa shape index (κ1) is 16.2. The minimum Gasteiger partial charge on any atom is -0.486 e. The molecule has 2 aliphatic rings. The number of benzene rings is 1. The van der Waals surface area contributed by atoms with Gasteiger partial charge in [-0.15, -0.1) is 0 Å². The number of rotatable bonds is 2. The maximum atomic E-state index is 12.4. The topological polar surface area (TPSA) is 38.8 Å². The summed E-state index contributed by atoms with van der Waals surface area (Å²) in [6, 6.07) is 3.64. The SMILES string of the molecule is C[C@@H]1C[C@@H](C)CN(C(=O)/C=C/c2cc(Cl)c3c(c2)OCCO3)C1. The number of hydrogen-bond acceptors (Lipinski definition) is 3. The molecule has 124 valence electrons. The minimum absolute atomic E-state index is 0.0504. The standard InChI is InChI=1S/C18H22ClNO3/c1-12-7-13(2)11-20(10-12)17(21)4-3-14-8-15(19)18-16(9-14)22-5-6-23-18/h3-4,8-9,12-13H,5-7,10-11H2,1-2H3/b4-3+/t12-,13-/m1/s1. The predicted molar refractivity (Wildman–Crippen MR) is 91.0 cm³/mol. The Morgan fingerprint density at radius 2 is 1.91 bits per heavy atom. The summed E-state index contributed by atoms with van der Waals surface area (Å²) in [5.74, 6) is 2.38. The molecule has 0 radical (unpaired) electrons. The van der Waals surface area contributed by atoms with Crippen molar-refractivity contribution in [2.45, 2.75) is 20.3 Å². The van der Waals surface area contributed by atoms with E-state index < -0.39 is 0 Å². The number of carbonyl (C=O) groups is 1. The number of likely N-dealkylation sites (tertiary alicyclic amines) is 1. The fraction of sp³-hybridized carbons (Fsp3) is 0.500. The lowest BCUT2D eigenvalue weighted by molar-refractivity contribution is -0.128. The van der Waals surface area contributed by atoms with Gasteiger partial charge in [-0.05, 0) is 42.0 Å². The molecule has 1 fully saturated rings. The van der Waals surface area contributed by atoms with E-state index in [-0.39, 0.29) is 5.91 Å². The van der Waals surface area contributed by atoms with E-state index in [0.717, 1.165) is 18.7 Å². The number of piperidine rings is 1. The fourth-order valence-corrected chi connectivity index (χ4v) is 3.62. The van der Waals surface area contributed by atoms with Gasteiger partial charge in [-0.2, -0.15) is 0 Å². The Hall–Kier alpha value is -1.68. The van der Waals surface area contributed by atoms with Gasteiger partial charge in [-0.1, -0.05) is 25.4 Å². The number of ether oxygens (including phenoxy) is 2. The van der Waals surface area contributed by atoms with Gasteiger partial charge >= 0.3 is 0 Å². The molecule has 2 atom stereocenters. The summed E-state index contributed by atoms with van der Waals surface area (Å²) in [6.45, 7) is 7.07. The summed E-state index contributed by atoms with van der Waals surface area (Å²) in [4.78, 5) is 14.3. The molecule has 0 spiro atoms. The Balaban J connectivity index is 1.72. The molecule has 0 unspecified atom stereocenters. The molecular formula is C18H22ClNO3. The van der Waals surface area contributed by atoms with E-state index in [2.05, 4.69) is 13.8 Å². The van der Waals surface area contributed by atoms with Crippen LogP contribution in [0.1, 0.15) is 25.8 Å². The normalized spacial score (nSPS) is 24.0. The zero-order valence-corrected chi connectivity index (χ0v) is 14.3. The minimum atomic E-state index is 0.0504. The van der Waals surface area contributed by atoms with Crippen molar-refractivity contribution in [3.8, 4) is 11.5 Å². The second-order valence-corrected chi connectivity index (χ2v) is 6.96. The third-order valence-electron chi connectivity index (χ3n) is 4.22. The van der Waals surface area contributed by atoms with Gasteiger partial charge in [0.25, 0.3) is 0 Å². The number of fused-ring (bicyclic) bond motifs is 1. The maximum Gasteiger partial charge on any atom is 0.246 e. The molecule has 0 bridgehead atoms. The molecule has 0 aliphatic carbocycles. The van der Waals surface area contributed by atoms with Gasteiger partial charge in [0.1, 0.15) is 13.2 Å². The molecule has 1 saturated heterocycles. The lowest BCUT2D eigenvalue weighted by atomic mass is 9.92. The molecule has 1 aromatic carbocycles. The van der Waals surface area contributed by atoms with Crippen molar-refractivity contribution in [1.29, 1.82) is 0 Å². The zero-order chi connectivity index (χ0) is 16.4. The average molecular weight is 336 g/mol. The third-order valence-corrected chi connectivity index (χ3v) is 4.50. The maximum absolute atomic E-state index is 12.4. The van der Waals surface area contributed by atoms with Crippen LogP contribution in [-0.2, 0) is 4.79 Å². The number of amides is 1. The van der Waals surface area contributed by atoms with Crippen molar-refractivity contribution >= 4 is 23.6 Å². The highest BCUT2D eigenvalue weighted by Crippen LogP contribution is 2.38. The molecule has 2 aliphatic heterocycles. The molecule has 4 nitrogen and oxygen atoms in total. The van der Waals surface area contributed by atoms with E-state index in [4.69, 9.17) is 21.1 Å². The zero-order valence-electron chi connectivity index (χ0n) is 13.5. The molecule has 1 amide bonds. The van der Waals surface area contributed by atoms with E-state index in [1.165, 1.54) is 6.42 Å². The second-order valence-electron chi connectivity index (χ2n) is 6.55. The Kier molecular flexibility index (Phi) is 4.81. The summed E-state index contributed by atoms with van der Waals surface area (Å²) < 4.78 is 11.1. The van der Waals surface area contributed by atoms with Crippen molar-refractivity contribution < 1.29 is 14.3 Å². The lowest BCUT2D eigenvalue weighted by Gasteiger charge is -2.34. The van der Waals surface area contributed by atoms with Gasteiger partial charge in [-0.3, -0.25) is 4.79 Å². The van der Waals surface area contributed by atoms with Gasteiger partial charge < -0.3 is 14.4 Å². The van der Waals surface area contributed by atoms with Crippen molar-refractivity contribution in [2.24, 2.45) is 11.8 Å². The molecule has 0 N–H and O–H groups in total. The number of halogens is 1. The fourth-order valence-electron chi connectivity index (χ4n) is 3.34. The van der Waals surface area contributed by atoms with E-state index in [9.17, 15) is 4.79 Å². The molecule has 2 heterocycles. The lowest BCUT2D eigenvalue weighted by Crippen LogP contribution is -2.41. The Morgan fingerprint density at radius 1 is 1.22 bits per heavy atom. The molecule has 5 heteroatoms. The molecule has 23 heavy (non-hydrogen) atoms. The van der Waals surface area contributed by atoms with E-state index in [1.807, 2.05) is 11.0 Å². The van der Waals surface area contributed by atoms with E-state index >= 15 is 0 Å². The van der Waals surface area contributed by atoms with Crippen molar-refractivity contribution in [3.63, 3.8) is 0 Å². The Morgan fingerprint density at radius 3 is 2.65 bits per heavy atom. The first-order chi connectivity index (χ1) is 11.0. The van der Waals surface area contributed by atoms with Gasteiger partial charge in [0.05, 0.1) is 5.02 Å². The number of nitrogens with zero attached hydrogens (tertiary/aromatic N) is 1. The van der Waals surface area contributed by atoms with Crippen LogP contribution >= 0.6 is 11.6 Å². The Labute approximate surface area is 142 Å². The monoisotopic (exact) mass is 335 g/mol. The second kappa shape index (κ2) is 6.83. The van der Waals surface area contributed by atoms with Crippen LogP contribution in [0.25, 0.3) is 6.08 Å². The van der Waals surface area contributed by atoms with Crippen LogP contribution < -0.4 is 9.47 Å². The quantitative estimate of drug-likeness (QED) is 0.775. The molecular weight excluding hydrogens is 314 g/mol. The van der Waals surface area contributed by atoms with Crippen LogP contribution in [-0.4, -0.2) is 37.1 Å². The van der Waals surface area contributed by atoms with Gasteiger partial charge in [-0.25, -0.2) is 0 Å². The first-order valence-corrected chi connectivity index (χ1v) is 8.47. The largest absolute Gasteiger partial charge is 0.486 e. The van der Waals surface area contributed by atoms with Crippen molar-refractivity contribution in [1.82, 2.24) is 4.90 Å². The Bertz CT molecular complexity index is 619. The molecule has 3 rings (SSSR count). The summed E-state index contributed by atoms with van der Waals surface area (Å²) in [5, 5.41) is 0.509. The van der Waals surface area contributed by atoms with Crippen LogP contribution in [0.15, 0.2) is 18.2 Å². The smallest absolute Gasteiger partial charge is 0.246 e. The van der Waals surface area contributed by atoms with Crippen molar-refractivity contribution in [2.75, 3.05) is 26.3 Å². The van der Waals surface area contributed by atoms with Crippen LogP contribution in [0.3, 0.4) is 0 Å². The summed E-state index contributed by atoms with van der Waals surface area (Å²) in [7, 11) is 0. The molecule has 0 aromatic heterocycles. The third kappa shape index (κ3) is 3.81. The number of carbonyl (C=O) groups excluding carboxylic acids is 1.